The van der Waals surface area contributed by atoms with Crippen LogP contribution in [0.5, 0.6) is 0 Å². The van der Waals surface area contributed by atoms with Gasteiger partial charge in [-0.2, -0.15) is 4.98 Å². The second-order valence-electron chi connectivity index (χ2n) is 5.43. The molecule has 0 saturated heterocycles. The predicted octanol–water partition coefficient (Wildman–Crippen LogP) is 3.65. The summed E-state index contributed by atoms with van der Waals surface area (Å²) < 4.78 is 1.07. The van der Waals surface area contributed by atoms with Crippen LogP contribution in [0, 0.1) is 6.92 Å². The topological polar surface area (TPSA) is 53.1 Å². The number of hydrogen-bond donors (Lipinski definition) is 2. The Bertz CT molecular complexity index is 615. The molecule has 0 atom stereocenters. The molecule has 2 rings (SSSR count). The Balaban J connectivity index is 1.96. The lowest BCUT2D eigenvalue weighted by Gasteiger charge is -2.12. The van der Waals surface area contributed by atoms with Gasteiger partial charge in [0.25, 0.3) is 0 Å². The zero-order valence-corrected chi connectivity index (χ0v) is 14.8. The van der Waals surface area contributed by atoms with Gasteiger partial charge in [0, 0.05) is 22.9 Å². The minimum Gasteiger partial charge on any atom is -0.354 e. The second-order valence-corrected chi connectivity index (χ2v) is 6.35. The number of anilines is 3. The lowest BCUT2D eigenvalue weighted by molar-refractivity contribution is 0.405. The van der Waals surface area contributed by atoms with Crippen molar-refractivity contribution in [2.75, 3.05) is 37.8 Å². The van der Waals surface area contributed by atoms with Crippen LogP contribution in [-0.2, 0) is 0 Å². The summed E-state index contributed by atoms with van der Waals surface area (Å²) in [6, 6.07) is 7.99. The van der Waals surface area contributed by atoms with Crippen molar-refractivity contribution in [2.24, 2.45) is 0 Å². The summed E-state index contributed by atoms with van der Waals surface area (Å²) in [5.74, 6) is 1.44. The molecule has 0 aliphatic rings. The van der Waals surface area contributed by atoms with Crippen LogP contribution < -0.4 is 10.6 Å². The fourth-order valence-electron chi connectivity index (χ4n) is 2.01. The fourth-order valence-corrected chi connectivity index (χ4v) is 2.49. The van der Waals surface area contributed by atoms with E-state index in [-0.39, 0.29) is 0 Å². The van der Waals surface area contributed by atoms with Crippen LogP contribution >= 0.6 is 15.9 Å². The maximum absolute atomic E-state index is 4.49. The zero-order valence-electron chi connectivity index (χ0n) is 13.2. The quantitative estimate of drug-likeness (QED) is 0.735. The molecule has 1 aromatic heterocycles. The van der Waals surface area contributed by atoms with Gasteiger partial charge < -0.3 is 15.5 Å². The van der Waals surface area contributed by atoms with Crippen LogP contribution in [0.3, 0.4) is 0 Å². The number of nitrogens with one attached hydrogen (secondary N) is 2. The molecule has 0 unspecified atom stereocenters. The van der Waals surface area contributed by atoms with Crippen molar-refractivity contribution in [1.82, 2.24) is 14.9 Å². The van der Waals surface area contributed by atoms with Crippen molar-refractivity contribution in [3.63, 3.8) is 0 Å². The van der Waals surface area contributed by atoms with Crippen LogP contribution in [0.4, 0.5) is 17.5 Å². The Morgan fingerprint density at radius 2 is 2.05 bits per heavy atom. The highest BCUT2D eigenvalue weighted by Gasteiger charge is 2.03. The van der Waals surface area contributed by atoms with E-state index >= 15 is 0 Å². The van der Waals surface area contributed by atoms with Gasteiger partial charge in [-0.15, -0.1) is 0 Å². The largest absolute Gasteiger partial charge is 0.354 e. The van der Waals surface area contributed by atoms with Gasteiger partial charge in [0.05, 0.1) is 0 Å². The van der Waals surface area contributed by atoms with Crippen LogP contribution in [0.25, 0.3) is 0 Å². The molecule has 0 aliphatic carbocycles. The van der Waals surface area contributed by atoms with Crippen molar-refractivity contribution < 1.29 is 0 Å². The lowest BCUT2D eigenvalue weighted by Crippen LogP contribution is -2.17. The Kier molecular flexibility index (Phi) is 6.15. The van der Waals surface area contributed by atoms with E-state index in [1.165, 1.54) is 0 Å². The SMILES string of the molecule is Cc1cc(Br)ccc1Nc1ccnc(NCCCN(C)C)n1. The molecule has 118 valence electrons. The van der Waals surface area contributed by atoms with E-state index in [2.05, 4.69) is 68.5 Å². The van der Waals surface area contributed by atoms with Gasteiger partial charge >= 0.3 is 0 Å². The first-order valence-corrected chi connectivity index (χ1v) is 8.09. The first-order valence-electron chi connectivity index (χ1n) is 7.29. The zero-order chi connectivity index (χ0) is 15.9. The van der Waals surface area contributed by atoms with Gasteiger partial charge in [-0.25, -0.2) is 4.98 Å². The third kappa shape index (κ3) is 5.27. The minimum atomic E-state index is 0.651. The third-order valence-electron chi connectivity index (χ3n) is 3.17. The summed E-state index contributed by atoms with van der Waals surface area (Å²) >= 11 is 3.47. The molecular formula is C16H22BrN5. The molecule has 0 fully saturated rings. The summed E-state index contributed by atoms with van der Waals surface area (Å²) in [5.41, 5.74) is 2.20. The average molecular weight is 364 g/mol. The normalized spacial score (nSPS) is 10.8. The van der Waals surface area contributed by atoms with Crippen molar-refractivity contribution in [1.29, 1.82) is 0 Å². The van der Waals surface area contributed by atoms with Crippen LogP contribution in [0.15, 0.2) is 34.9 Å². The molecule has 0 saturated carbocycles. The highest BCUT2D eigenvalue weighted by atomic mass is 79.9. The van der Waals surface area contributed by atoms with Gasteiger partial charge in [0.1, 0.15) is 5.82 Å². The second kappa shape index (κ2) is 8.10. The number of halogens is 1. The summed E-state index contributed by atoms with van der Waals surface area (Å²) in [7, 11) is 4.14. The maximum Gasteiger partial charge on any atom is 0.224 e. The summed E-state index contributed by atoms with van der Waals surface area (Å²) in [5, 5.41) is 6.58. The average Bonchev–Trinajstić information content (AvgIpc) is 2.47. The molecule has 0 spiro atoms. The van der Waals surface area contributed by atoms with Gasteiger partial charge in [-0.1, -0.05) is 15.9 Å². The van der Waals surface area contributed by atoms with Crippen molar-refractivity contribution in [2.45, 2.75) is 13.3 Å². The molecule has 2 N–H and O–H groups in total. The molecular weight excluding hydrogens is 342 g/mol. The molecule has 0 aliphatic heterocycles. The first kappa shape index (κ1) is 16.7. The number of nitrogens with zero attached hydrogens (tertiary/aromatic N) is 3. The van der Waals surface area contributed by atoms with Gasteiger partial charge in [-0.3, -0.25) is 0 Å². The van der Waals surface area contributed by atoms with E-state index in [4.69, 9.17) is 0 Å². The molecule has 5 nitrogen and oxygen atoms in total. The smallest absolute Gasteiger partial charge is 0.224 e. The molecule has 1 heterocycles. The van der Waals surface area contributed by atoms with Crippen LogP contribution in [-0.4, -0.2) is 42.1 Å². The van der Waals surface area contributed by atoms with Crippen molar-refractivity contribution >= 4 is 33.4 Å². The highest BCUT2D eigenvalue weighted by Crippen LogP contribution is 2.23. The maximum atomic E-state index is 4.49. The highest BCUT2D eigenvalue weighted by molar-refractivity contribution is 9.10. The third-order valence-corrected chi connectivity index (χ3v) is 3.67. The molecule has 0 amide bonds. The van der Waals surface area contributed by atoms with E-state index in [0.717, 1.165) is 41.1 Å². The number of rotatable bonds is 7. The Hall–Kier alpha value is -1.66. The molecule has 22 heavy (non-hydrogen) atoms. The Morgan fingerprint density at radius 1 is 1.23 bits per heavy atom. The number of hydrogen-bond acceptors (Lipinski definition) is 5. The van der Waals surface area contributed by atoms with Gasteiger partial charge in [0.2, 0.25) is 5.95 Å². The molecule has 6 heteroatoms. The molecule has 0 bridgehead atoms. The van der Waals surface area contributed by atoms with E-state index < -0.39 is 0 Å². The minimum absolute atomic E-state index is 0.651. The Labute approximate surface area is 140 Å². The van der Waals surface area contributed by atoms with Gasteiger partial charge in [0.15, 0.2) is 0 Å². The summed E-state index contributed by atoms with van der Waals surface area (Å²) in [6.45, 7) is 3.97. The monoisotopic (exact) mass is 363 g/mol. The van der Waals surface area contributed by atoms with Crippen LogP contribution in [0.2, 0.25) is 0 Å². The standard InChI is InChI=1S/C16H22BrN5/c1-12-11-13(17)5-6-14(12)20-15-7-9-19-16(21-15)18-8-4-10-22(2)3/h5-7,9,11H,4,8,10H2,1-3H3,(H2,18,19,20,21). The molecule has 1 aromatic carbocycles. The van der Waals surface area contributed by atoms with E-state index in [9.17, 15) is 0 Å². The van der Waals surface area contributed by atoms with E-state index in [0.29, 0.717) is 5.95 Å². The van der Waals surface area contributed by atoms with Crippen LogP contribution in [0.1, 0.15) is 12.0 Å². The number of aryl methyl sites for hydroxylation is 1. The van der Waals surface area contributed by atoms with E-state index in [1.54, 1.807) is 6.20 Å². The number of aromatic nitrogens is 2. The first-order chi connectivity index (χ1) is 10.5. The molecule has 2 aromatic rings. The van der Waals surface area contributed by atoms with Crippen molar-refractivity contribution in [3.05, 3.63) is 40.5 Å². The molecule has 0 radical (unpaired) electrons. The lowest BCUT2D eigenvalue weighted by atomic mass is 10.2. The van der Waals surface area contributed by atoms with E-state index in [1.807, 2.05) is 18.2 Å². The summed E-state index contributed by atoms with van der Waals surface area (Å²) in [6.07, 6.45) is 2.82. The Morgan fingerprint density at radius 3 is 2.77 bits per heavy atom. The van der Waals surface area contributed by atoms with Crippen molar-refractivity contribution in [3.8, 4) is 0 Å². The predicted molar refractivity (Wildman–Crippen MR) is 95.9 cm³/mol. The fraction of sp³-hybridized carbons (Fsp3) is 0.375. The summed E-state index contributed by atoms with van der Waals surface area (Å²) in [4.78, 5) is 10.9. The van der Waals surface area contributed by atoms with Gasteiger partial charge in [-0.05, 0) is 63.8 Å². The number of benzene rings is 1.